The fourth-order valence-corrected chi connectivity index (χ4v) is 2.66. The van der Waals surface area contributed by atoms with Crippen LogP contribution in [0, 0.1) is 0 Å². The van der Waals surface area contributed by atoms with Crippen LogP contribution in [0.2, 0.25) is 0 Å². The molecular weight excluding hydrogens is 364 g/mol. The summed E-state index contributed by atoms with van der Waals surface area (Å²) in [5.41, 5.74) is 2.60. The maximum absolute atomic E-state index is 12.5. The normalized spacial score (nSPS) is 10.8. The first-order chi connectivity index (χ1) is 13.6. The lowest BCUT2D eigenvalue weighted by Crippen LogP contribution is -2.22. The number of carbonyl (C=O) groups is 1. The average Bonchev–Trinajstić information content (AvgIpc) is 2.73. The minimum Gasteiger partial charge on any atom is -0.496 e. The number of methoxy groups -OCH3 is 3. The first-order valence-electron chi connectivity index (χ1n) is 8.20. The summed E-state index contributed by atoms with van der Waals surface area (Å²) >= 11 is 0. The Morgan fingerprint density at radius 1 is 1.07 bits per heavy atom. The number of hydrogen-bond acceptors (Lipinski definition) is 7. The maximum atomic E-state index is 12.5. The summed E-state index contributed by atoms with van der Waals surface area (Å²) in [5.74, 6) is 0.901. The Bertz CT molecular complexity index is 1080. The molecule has 0 spiro atoms. The van der Waals surface area contributed by atoms with Crippen LogP contribution in [0.1, 0.15) is 16.1 Å². The van der Waals surface area contributed by atoms with Gasteiger partial charge in [0.15, 0.2) is 5.69 Å². The molecule has 3 aromatic rings. The number of rotatable bonds is 6. The fourth-order valence-electron chi connectivity index (χ4n) is 2.66. The van der Waals surface area contributed by atoms with Crippen LogP contribution in [-0.4, -0.2) is 43.6 Å². The predicted molar refractivity (Wildman–Crippen MR) is 104 cm³/mol. The smallest absolute Gasteiger partial charge is 0.292 e. The van der Waals surface area contributed by atoms with Crippen LogP contribution in [0.3, 0.4) is 0 Å². The zero-order valence-corrected chi connectivity index (χ0v) is 15.5. The molecule has 9 heteroatoms. The minimum atomic E-state index is -0.574. The summed E-state index contributed by atoms with van der Waals surface area (Å²) in [7, 11) is 4.53. The molecule has 0 saturated carbocycles. The van der Waals surface area contributed by atoms with Crippen LogP contribution in [0.4, 0.5) is 0 Å². The van der Waals surface area contributed by atoms with Crippen molar-refractivity contribution in [2.75, 3.05) is 21.3 Å². The van der Waals surface area contributed by atoms with Gasteiger partial charge in [0.1, 0.15) is 17.2 Å². The van der Waals surface area contributed by atoms with Crippen molar-refractivity contribution in [2.45, 2.75) is 0 Å². The predicted octanol–water partition coefficient (Wildman–Crippen LogP) is 1.71. The van der Waals surface area contributed by atoms with E-state index in [1.54, 1.807) is 36.4 Å². The summed E-state index contributed by atoms with van der Waals surface area (Å²) in [5, 5.41) is 10.9. The molecule has 3 rings (SSSR count). The average molecular weight is 382 g/mol. The SMILES string of the molecule is COc1cc(OC)c(/C=N\NC(=O)c2n[nH]c(=O)c3ccccc23)c(OC)c1. The number of amides is 1. The number of nitrogens with one attached hydrogen (secondary N) is 2. The van der Waals surface area contributed by atoms with Crippen molar-refractivity contribution >= 4 is 22.9 Å². The van der Waals surface area contributed by atoms with E-state index in [-0.39, 0.29) is 11.3 Å². The molecule has 0 unspecified atom stereocenters. The number of carbonyl (C=O) groups excluding carboxylic acids is 1. The van der Waals surface area contributed by atoms with Crippen LogP contribution in [-0.2, 0) is 0 Å². The van der Waals surface area contributed by atoms with Gasteiger partial charge < -0.3 is 14.2 Å². The van der Waals surface area contributed by atoms with E-state index in [2.05, 4.69) is 20.7 Å². The molecule has 1 amide bonds. The number of benzene rings is 2. The van der Waals surface area contributed by atoms with Crippen LogP contribution in [0.25, 0.3) is 10.8 Å². The highest BCUT2D eigenvalue weighted by Crippen LogP contribution is 2.32. The van der Waals surface area contributed by atoms with Crippen molar-refractivity contribution < 1.29 is 19.0 Å². The fraction of sp³-hybridized carbons (Fsp3) is 0.158. The lowest BCUT2D eigenvalue weighted by atomic mass is 10.1. The number of hydrazone groups is 1. The molecule has 1 heterocycles. The van der Waals surface area contributed by atoms with Crippen LogP contribution in [0.15, 0.2) is 46.3 Å². The zero-order chi connectivity index (χ0) is 20.1. The van der Waals surface area contributed by atoms with Crippen molar-refractivity contribution in [1.82, 2.24) is 15.6 Å². The second-order valence-electron chi connectivity index (χ2n) is 5.59. The molecule has 9 nitrogen and oxygen atoms in total. The number of ether oxygens (including phenoxy) is 3. The first kappa shape index (κ1) is 18.9. The van der Waals surface area contributed by atoms with Gasteiger partial charge in [0.05, 0.1) is 38.5 Å². The standard InChI is InChI=1S/C19H18N4O5/c1-26-11-8-15(27-2)14(16(9-11)28-3)10-20-22-19(25)17-12-6-4-5-7-13(12)18(24)23-21-17/h4-10H,1-3H3,(H,22,25)(H,23,24)/b20-10-. The quantitative estimate of drug-likeness (QED) is 0.495. The van der Waals surface area contributed by atoms with Gasteiger partial charge in [-0.3, -0.25) is 9.59 Å². The Labute approximate surface area is 159 Å². The van der Waals surface area contributed by atoms with E-state index in [1.165, 1.54) is 27.5 Å². The summed E-state index contributed by atoms with van der Waals surface area (Å²) in [6.45, 7) is 0. The van der Waals surface area contributed by atoms with E-state index < -0.39 is 5.91 Å². The van der Waals surface area contributed by atoms with Gasteiger partial charge in [-0.25, -0.2) is 10.5 Å². The van der Waals surface area contributed by atoms with E-state index in [9.17, 15) is 9.59 Å². The number of aromatic amines is 1. The van der Waals surface area contributed by atoms with Gasteiger partial charge >= 0.3 is 0 Å². The number of H-pyrrole nitrogens is 1. The van der Waals surface area contributed by atoms with Gasteiger partial charge in [-0.1, -0.05) is 18.2 Å². The highest BCUT2D eigenvalue weighted by atomic mass is 16.5. The van der Waals surface area contributed by atoms with Crippen LogP contribution < -0.4 is 25.2 Å². The second-order valence-corrected chi connectivity index (χ2v) is 5.59. The molecule has 0 radical (unpaired) electrons. The Morgan fingerprint density at radius 3 is 2.32 bits per heavy atom. The Morgan fingerprint density at radius 2 is 1.71 bits per heavy atom. The summed E-state index contributed by atoms with van der Waals surface area (Å²) in [4.78, 5) is 24.3. The lowest BCUT2D eigenvalue weighted by molar-refractivity contribution is 0.0951. The van der Waals surface area contributed by atoms with Crippen molar-refractivity contribution in [3.63, 3.8) is 0 Å². The molecule has 2 aromatic carbocycles. The lowest BCUT2D eigenvalue weighted by Gasteiger charge is -2.12. The molecule has 0 aliphatic carbocycles. The molecule has 1 aromatic heterocycles. The van der Waals surface area contributed by atoms with E-state index in [4.69, 9.17) is 14.2 Å². The third-order valence-corrected chi connectivity index (χ3v) is 4.02. The van der Waals surface area contributed by atoms with Gasteiger partial charge in [-0.05, 0) is 6.07 Å². The first-order valence-corrected chi connectivity index (χ1v) is 8.20. The van der Waals surface area contributed by atoms with Crippen molar-refractivity contribution in [3.05, 3.63) is 58.0 Å². The summed E-state index contributed by atoms with van der Waals surface area (Å²) in [6.07, 6.45) is 1.39. The van der Waals surface area contributed by atoms with Gasteiger partial charge in [0.2, 0.25) is 0 Å². The van der Waals surface area contributed by atoms with Gasteiger partial charge in [0, 0.05) is 17.5 Å². The molecule has 0 atom stereocenters. The monoisotopic (exact) mass is 382 g/mol. The summed E-state index contributed by atoms with van der Waals surface area (Å²) < 4.78 is 15.8. The third-order valence-electron chi connectivity index (χ3n) is 4.02. The highest BCUT2D eigenvalue weighted by molar-refractivity contribution is 6.05. The molecular formula is C19H18N4O5. The maximum Gasteiger partial charge on any atom is 0.292 e. The van der Waals surface area contributed by atoms with Gasteiger partial charge in [-0.2, -0.15) is 10.2 Å². The van der Waals surface area contributed by atoms with Gasteiger partial charge in [0.25, 0.3) is 11.5 Å². The number of hydrogen-bond donors (Lipinski definition) is 2. The Balaban J connectivity index is 1.89. The number of nitrogens with zero attached hydrogens (tertiary/aromatic N) is 2. The van der Waals surface area contributed by atoms with Crippen molar-refractivity contribution in [2.24, 2.45) is 5.10 Å². The largest absolute Gasteiger partial charge is 0.496 e. The van der Waals surface area contributed by atoms with E-state index in [1.807, 2.05) is 0 Å². The van der Waals surface area contributed by atoms with Crippen molar-refractivity contribution in [3.8, 4) is 17.2 Å². The molecule has 0 saturated heterocycles. The second kappa shape index (κ2) is 8.21. The van der Waals surface area contributed by atoms with Crippen LogP contribution in [0.5, 0.6) is 17.2 Å². The summed E-state index contributed by atoms with van der Waals surface area (Å²) in [6, 6.07) is 10.0. The molecule has 144 valence electrons. The van der Waals surface area contributed by atoms with E-state index in [0.717, 1.165) is 0 Å². The number of aromatic nitrogens is 2. The van der Waals surface area contributed by atoms with Crippen LogP contribution >= 0.6 is 0 Å². The Kier molecular flexibility index (Phi) is 5.54. The topological polar surface area (TPSA) is 115 Å². The zero-order valence-electron chi connectivity index (χ0n) is 15.5. The van der Waals surface area contributed by atoms with E-state index in [0.29, 0.717) is 33.6 Å². The third kappa shape index (κ3) is 3.63. The van der Waals surface area contributed by atoms with Crippen molar-refractivity contribution in [1.29, 1.82) is 0 Å². The van der Waals surface area contributed by atoms with E-state index >= 15 is 0 Å². The molecule has 0 fully saturated rings. The molecule has 2 N–H and O–H groups in total. The molecule has 0 bridgehead atoms. The highest BCUT2D eigenvalue weighted by Gasteiger charge is 2.14. The molecule has 0 aliphatic rings. The minimum absolute atomic E-state index is 0.0565. The molecule has 28 heavy (non-hydrogen) atoms. The van der Waals surface area contributed by atoms with Gasteiger partial charge in [-0.15, -0.1) is 0 Å². The molecule has 0 aliphatic heterocycles. The number of fused-ring (bicyclic) bond motifs is 1. The Hall–Kier alpha value is -3.88.